The molecule has 4 rings (SSSR count). The number of benzene rings is 2. The molecule has 0 aliphatic carbocycles. The molecular formula is C23H28ClN3O5S. The summed E-state index contributed by atoms with van der Waals surface area (Å²) in [6, 6.07) is 9.81. The van der Waals surface area contributed by atoms with Crippen LogP contribution in [0.15, 0.2) is 30.3 Å². The maximum atomic E-state index is 12.7. The van der Waals surface area contributed by atoms with Gasteiger partial charge in [-0.15, -0.1) is 12.4 Å². The van der Waals surface area contributed by atoms with E-state index in [-0.39, 0.29) is 36.4 Å². The predicted octanol–water partition coefficient (Wildman–Crippen LogP) is 3.69. The monoisotopic (exact) mass is 493 g/mol. The molecule has 178 valence electrons. The number of hydrogen-bond acceptors (Lipinski definition) is 6. The van der Waals surface area contributed by atoms with Gasteiger partial charge in [0.05, 0.1) is 18.9 Å². The first-order valence-corrected chi connectivity index (χ1v) is 12.3. The average Bonchev–Trinajstić information content (AvgIpc) is 3.36. The van der Waals surface area contributed by atoms with Crippen molar-refractivity contribution < 1.29 is 22.1 Å². The lowest BCUT2D eigenvalue weighted by molar-refractivity contribution is 0.0966. The fourth-order valence-electron chi connectivity index (χ4n) is 4.17. The molecule has 0 spiro atoms. The van der Waals surface area contributed by atoms with Crippen molar-refractivity contribution in [2.45, 2.75) is 26.9 Å². The second kappa shape index (κ2) is 9.62. The molecule has 2 aromatic carbocycles. The van der Waals surface area contributed by atoms with Gasteiger partial charge in [0.25, 0.3) is 5.91 Å². The number of H-pyrrole nitrogens is 1. The Bertz CT molecular complexity index is 1300. The van der Waals surface area contributed by atoms with E-state index < -0.39 is 10.1 Å². The van der Waals surface area contributed by atoms with Crippen LogP contribution in [0.25, 0.3) is 22.2 Å². The fourth-order valence-corrected chi connectivity index (χ4v) is 4.66. The number of ether oxygens (including phenoxy) is 1. The summed E-state index contributed by atoms with van der Waals surface area (Å²) in [6.07, 6.45) is 0.964. The molecule has 1 aliphatic rings. The van der Waals surface area contributed by atoms with E-state index in [1.165, 1.54) is 12.7 Å². The number of amides is 1. The molecule has 0 bridgehead atoms. The van der Waals surface area contributed by atoms with Gasteiger partial charge in [0.1, 0.15) is 0 Å². The zero-order valence-electron chi connectivity index (χ0n) is 19.0. The summed E-state index contributed by atoms with van der Waals surface area (Å²) in [5, 5.41) is 3.85. The standard InChI is InChI=1S/C23H27N3O5S.ClH/c1-5-26(6-2)13-14-8-7-9-18-15(14)10-19(25-18)16-11-20(30-3)22(31-32(4,28)29)17-12-24-23(27)21(16)17;/h7-11,25H,5-6,12-13H2,1-4H3,(H,24,27);1H. The van der Waals surface area contributed by atoms with Gasteiger partial charge in [-0.3, -0.25) is 9.69 Å². The van der Waals surface area contributed by atoms with Gasteiger partial charge in [-0.1, -0.05) is 26.0 Å². The minimum absolute atomic E-state index is 0. The summed E-state index contributed by atoms with van der Waals surface area (Å²) in [5.74, 6) is 0.0196. The Morgan fingerprint density at radius 3 is 2.52 bits per heavy atom. The summed E-state index contributed by atoms with van der Waals surface area (Å²) >= 11 is 0. The van der Waals surface area contributed by atoms with Gasteiger partial charge in [-0.25, -0.2) is 0 Å². The molecule has 1 aliphatic heterocycles. The van der Waals surface area contributed by atoms with Gasteiger partial charge in [-0.05, 0) is 36.9 Å². The molecule has 2 N–H and O–H groups in total. The van der Waals surface area contributed by atoms with E-state index in [9.17, 15) is 13.2 Å². The summed E-state index contributed by atoms with van der Waals surface area (Å²) in [7, 11) is -2.36. The third kappa shape index (κ3) is 4.80. The van der Waals surface area contributed by atoms with Crippen LogP contribution in [0.1, 0.15) is 35.3 Å². The third-order valence-corrected chi connectivity index (χ3v) is 6.25. The molecule has 0 atom stereocenters. The minimum Gasteiger partial charge on any atom is -0.493 e. The van der Waals surface area contributed by atoms with Crippen LogP contribution in [0, 0.1) is 0 Å². The molecular weight excluding hydrogens is 466 g/mol. The Hall–Kier alpha value is -2.75. The van der Waals surface area contributed by atoms with Crippen LogP contribution in [0.2, 0.25) is 0 Å². The lowest BCUT2D eigenvalue weighted by Gasteiger charge is -2.18. The van der Waals surface area contributed by atoms with Crippen LogP contribution in [-0.4, -0.2) is 50.7 Å². The molecule has 0 unspecified atom stereocenters. The first-order valence-electron chi connectivity index (χ1n) is 10.5. The van der Waals surface area contributed by atoms with Gasteiger partial charge in [0, 0.05) is 40.8 Å². The summed E-state index contributed by atoms with van der Waals surface area (Å²) in [4.78, 5) is 18.5. The van der Waals surface area contributed by atoms with Crippen LogP contribution in [0.4, 0.5) is 0 Å². The number of aromatic amines is 1. The Labute approximate surface area is 199 Å². The van der Waals surface area contributed by atoms with Crippen LogP contribution in [-0.2, 0) is 23.2 Å². The maximum Gasteiger partial charge on any atom is 0.306 e. The van der Waals surface area contributed by atoms with Crippen molar-refractivity contribution in [1.29, 1.82) is 0 Å². The van der Waals surface area contributed by atoms with E-state index in [1.807, 2.05) is 18.2 Å². The number of carbonyl (C=O) groups excluding carboxylic acids is 1. The highest BCUT2D eigenvalue weighted by atomic mass is 35.5. The third-order valence-electron chi connectivity index (χ3n) is 5.78. The van der Waals surface area contributed by atoms with Crippen molar-refractivity contribution in [2.75, 3.05) is 26.5 Å². The zero-order chi connectivity index (χ0) is 23.0. The Kier molecular flexibility index (Phi) is 7.26. The van der Waals surface area contributed by atoms with Crippen LogP contribution in [0.5, 0.6) is 11.5 Å². The zero-order valence-corrected chi connectivity index (χ0v) is 20.7. The maximum absolute atomic E-state index is 12.7. The van der Waals surface area contributed by atoms with Crippen molar-refractivity contribution in [2.24, 2.45) is 0 Å². The highest BCUT2D eigenvalue weighted by Crippen LogP contribution is 2.43. The van der Waals surface area contributed by atoms with Gasteiger partial charge in [0.15, 0.2) is 11.5 Å². The molecule has 0 saturated carbocycles. The SMILES string of the molecule is CCN(CC)Cc1cccc2[nH]c(-c3cc(OC)c(OS(C)(=O)=O)c4c3C(=O)NC4)cc12.Cl. The van der Waals surface area contributed by atoms with E-state index in [0.717, 1.165) is 42.5 Å². The second-order valence-corrected chi connectivity index (χ2v) is 9.38. The lowest BCUT2D eigenvalue weighted by Crippen LogP contribution is -2.22. The molecule has 10 heteroatoms. The molecule has 0 radical (unpaired) electrons. The molecule has 1 amide bonds. The lowest BCUT2D eigenvalue weighted by atomic mass is 9.98. The number of rotatable bonds is 8. The van der Waals surface area contributed by atoms with Crippen molar-refractivity contribution >= 4 is 39.3 Å². The summed E-state index contributed by atoms with van der Waals surface area (Å²) in [6.45, 7) is 7.18. The van der Waals surface area contributed by atoms with Crippen molar-refractivity contribution in [3.8, 4) is 22.8 Å². The van der Waals surface area contributed by atoms with Gasteiger partial charge < -0.3 is 19.2 Å². The van der Waals surface area contributed by atoms with E-state index in [4.69, 9.17) is 8.92 Å². The first kappa shape index (κ1) is 24.9. The van der Waals surface area contributed by atoms with E-state index in [2.05, 4.69) is 35.1 Å². The number of carbonyl (C=O) groups is 1. The second-order valence-electron chi connectivity index (χ2n) is 7.80. The topological polar surface area (TPSA) is 101 Å². The Morgan fingerprint density at radius 1 is 1.15 bits per heavy atom. The van der Waals surface area contributed by atoms with E-state index in [1.54, 1.807) is 6.07 Å². The average molecular weight is 494 g/mol. The van der Waals surface area contributed by atoms with Gasteiger partial charge in [-0.2, -0.15) is 8.42 Å². The van der Waals surface area contributed by atoms with Crippen LogP contribution >= 0.6 is 12.4 Å². The summed E-state index contributed by atoms with van der Waals surface area (Å²) in [5.41, 5.74) is 4.41. The van der Waals surface area contributed by atoms with Crippen molar-refractivity contribution in [1.82, 2.24) is 15.2 Å². The number of fused-ring (bicyclic) bond motifs is 2. The number of methoxy groups -OCH3 is 1. The van der Waals surface area contributed by atoms with Gasteiger partial charge in [0.2, 0.25) is 0 Å². The van der Waals surface area contributed by atoms with Crippen molar-refractivity contribution in [3.63, 3.8) is 0 Å². The largest absolute Gasteiger partial charge is 0.493 e. The smallest absolute Gasteiger partial charge is 0.306 e. The highest BCUT2D eigenvalue weighted by molar-refractivity contribution is 7.86. The Morgan fingerprint density at radius 2 is 1.88 bits per heavy atom. The normalized spacial score (nSPS) is 13.1. The molecule has 0 saturated heterocycles. The predicted molar refractivity (Wildman–Crippen MR) is 131 cm³/mol. The van der Waals surface area contributed by atoms with Crippen molar-refractivity contribution in [3.05, 3.63) is 47.0 Å². The number of hydrogen-bond donors (Lipinski definition) is 2. The molecule has 33 heavy (non-hydrogen) atoms. The first-order chi connectivity index (χ1) is 15.3. The molecule has 8 nitrogen and oxygen atoms in total. The molecule has 3 aromatic rings. The molecule has 1 aromatic heterocycles. The number of nitrogens with one attached hydrogen (secondary N) is 2. The molecule has 2 heterocycles. The van der Waals surface area contributed by atoms with E-state index in [0.29, 0.717) is 16.7 Å². The van der Waals surface area contributed by atoms with Crippen LogP contribution in [0.3, 0.4) is 0 Å². The van der Waals surface area contributed by atoms with E-state index >= 15 is 0 Å². The van der Waals surface area contributed by atoms with Crippen LogP contribution < -0.4 is 14.2 Å². The number of halogens is 1. The van der Waals surface area contributed by atoms with Gasteiger partial charge >= 0.3 is 10.1 Å². The molecule has 0 fully saturated rings. The number of aromatic nitrogens is 1. The number of nitrogens with zero attached hydrogens (tertiary/aromatic N) is 1. The fraction of sp³-hybridized carbons (Fsp3) is 0.348. The summed E-state index contributed by atoms with van der Waals surface area (Å²) < 4.78 is 34.2. The minimum atomic E-state index is -3.80. The quantitative estimate of drug-likeness (QED) is 0.464. The Balaban J connectivity index is 0.00000306. The highest BCUT2D eigenvalue weighted by Gasteiger charge is 2.32.